The highest BCUT2D eigenvalue weighted by Crippen LogP contribution is 2.24. The lowest BCUT2D eigenvalue weighted by Crippen LogP contribution is -2.54. The summed E-state index contributed by atoms with van der Waals surface area (Å²) in [6.45, 7) is 7.00. The fourth-order valence-corrected chi connectivity index (χ4v) is 3.52. The summed E-state index contributed by atoms with van der Waals surface area (Å²) in [5.74, 6) is -1.34. The van der Waals surface area contributed by atoms with Crippen LogP contribution in [-0.2, 0) is 22.7 Å². The van der Waals surface area contributed by atoms with E-state index in [1.807, 2.05) is 24.3 Å². The Hall–Kier alpha value is -3.10. The van der Waals surface area contributed by atoms with Crippen molar-refractivity contribution in [2.24, 2.45) is 4.99 Å². The highest BCUT2D eigenvalue weighted by molar-refractivity contribution is 6.12. The van der Waals surface area contributed by atoms with Crippen LogP contribution in [0.2, 0.25) is 0 Å². The normalized spacial score (nSPS) is 18.6. The summed E-state index contributed by atoms with van der Waals surface area (Å²) in [5.41, 5.74) is 0.207. The Morgan fingerprint density at radius 1 is 1.12 bits per heavy atom. The molecule has 0 aromatic heterocycles. The molecule has 2 N–H and O–H groups in total. The van der Waals surface area contributed by atoms with Gasteiger partial charge in [-0.05, 0) is 36.3 Å². The first kappa shape index (κ1) is 23.6. The van der Waals surface area contributed by atoms with Crippen molar-refractivity contribution in [2.75, 3.05) is 20.1 Å². The number of nitrogens with one attached hydrogen (secondary N) is 1. The standard InChI is InChI=1S/C24H29FN4O3/c1-4-29(5-2)16-18-6-10-19(11-7-18)22-27-24(32,14-21(30)28(22)3)23(31)26-15-17-8-12-20(25)13-9-17/h6-13,32H,4-5,14-16H2,1-3H3,(H,26,31). The number of hydrogen-bond donors (Lipinski definition) is 2. The van der Waals surface area contributed by atoms with Crippen molar-refractivity contribution in [3.8, 4) is 0 Å². The maximum absolute atomic E-state index is 13.1. The molecule has 1 atom stereocenters. The summed E-state index contributed by atoms with van der Waals surface area (Å²) in [6.07, 6.45) is -0.456. The molecular weight excluding hydrogens is 411 g/mol. The van der Waals surface area contributed by atoms with Crippen LogP contribution in [0.4, 0.5) is 4.39 Å². The highest BCUT2D eigenvalue weighted by Gasteiger charge is 2.44. The van der Waals surface area contributed by atoms with Gasteiger partial charge in [-0.25, -0.2) is 9.38 Å². The van der Waals surface area contributed by atoms with Crippen LogP contribution in [-0.4, -0.2) is 58.4 Å². The molecule has 0 saturated carbocycles. The number of benzene rings is 2. The third-order valence-electron chi connectivity index (χ3n) is 5.62. The van der Waals surface area contributed by atoms with Crippen LogP contribution in [0.5, 0.6) is 0 Å². The van der Waals surface area contributed by atoms with Crippen molar-refractivity contribution in [3.05, 3.63) is 71.0 Å². The molecule has 32 heavy (non-hydrogen) atoms. The zero-order valence-electron chi connectivity index (χ0n) is 18.6. The third kappa shape index (κ3) is 5.38. The van der Waals surface area contributed by atoms with Crippen molar-refractivity contribution >= 4 is 17.6 Å². The van der Waals surface area contributed by atoms with Crippen LogP contribution in [0.15, 0.2) is 53.5 Å². The van der Waals surface area contributed by atoms with Crippen molar-refractivity contribution in [1.29, 1.82) is 0 Å². The van der Waals surface area contributed by atoms with E-state index in [1.54, 1.807) is 7.05 Å². The van der Waals surface area contributed by atoms with Gasteiger partial charge in [0.2, 0.25) is 11.6 Å². The lowest BCUT2D eigenvalue weighted by molar-refractivity contribution is -0.148. The van der Waals surface area contributed by atoms with Gasteiger partial charge in [0.25, 0.3) is 5.91 Å². The third-order valence-corrected chi connectivity index (χ3v) is 5.62. The number of aliphatic imine (C=N–C) groups is 1. The van der Waals surface area contributed by atoms with E-state index in [9.17, 15) is 19.1 Å². The number of halogens is 1. The van der Waals surface area contributed by atoms with Gasteiger partial charge in [-0.2, -0.15) is 0 Å². The van der Waals surface area contributed by atoms with Crippen LogP contribution in [0, 0.1) is 5.82 Å². The molecule has 2 amide bonds. The molecule has 0 saturated heterocycles. The first-order valence-electron chi connectivity index (χ1n) is 10.7. The molecule has 3 rings (SSSR count). The highest BCUT2D eigenvalue weighted by atomic mass is 19.1. The number of nitrogens with zero attached hydrogens (tertiary/aromatic N) is 3. The number of rotatable bonds is 8. The second kappa shape index (κ2) is 10.0. The fraction of sp³-hybridized carbons (Fsp3) is 0.375. The van der Waals surface area contributed by atoms with Gasteiger partial charge in [-0.15, -0.1) is 0 Å². The van der Waals surface area contributed by atoms with Crippen molar-refractivity contribution in [2.45, 2.75) is 39.1 Å². The number of carbonyl (C=O) groups excluding carboxylic acids is 2. The van der Waals surface area contributed by atoms with Gasteiger partial charge in [0, 0.05) is 25.7 Å². The Morgan fingerprint density at radius 2 is 1.72 bits per heavy atom. The molecule has 8 heteroatoms. The van der Waals surface area contributed by atoms with Crippen LogP contribution < -0.4 is 5.32 Å². The first-order chi connectivity index (χ1) is 15.3. The lowest BCUT2D eigenvalue weighted by atomic mass is 10.0. The predicted molar refractivity (Wildman–Crippen MR) is 120 cm³/mol. The van der Waals surface area contributed by atoms with Crippen molar-refractivity contribution in [1.82, 2.24) is 15.1 Å². The quantitative estimate of drug-likeness (QED) is 0.660. The summed E-state index contributed by atoms with van der Waals surface area (Å²) in [4.78, 5) is 33.2. The first-order valence-corrected chi connectivity index (χ1v) is 10.7. The van der Waals surface area contributed by atoms with E-state index in [4.69, 9.17) is 0 Å². The number of aliphatic hydroxyl groups is 1. The Labute approximate surface area is 187 Å². The Kier molecular flexibility index (Phi) is 7.37. The number of amidine groups is 1. The van der Waals surface area contributed by atoms with E-state index in [0.717, 1.165) is 25.2 Å². The predicted octanol–water partition coefficient (Wildman–Crippen LogP) is 2.28. The molecule has 0 bridgehead atoms. The number of hydrogen-bond acceptors (Lipinski definition) is 5. The van der Waals surface area contributed by atoms with Gasteiger partial charge in [0.1, 0.15) is 11.7 Å². The molecule has 0 radical (unpaired) electrons. The maximum atomic E-state index is 13.1. The summed E-state index contributed by atoms with van der Waals surface area (Å²) >= 11 is 0. The molecule has 1 aliphatic rings. The maximum Gasteiger partial charge on any atom is 0.276 e. The van der Waals surface area contributed by atoms with E-state index in [2.05, 4.69) is 29.1 Å². The van der Waals surface area contributed by atoms with Gasteiger partial charge in [-0.1, -0.05) is 50.2 Å². The van der Waals surface area contributed by atoms with E-state index < -0.39 is 24.0 Å². The molecule has 1 aliphatic heterocycles. The second-order valence-corrected chi connectivity index (χ2v) is 7.85. The van der Waals surface area contributed by atoms with Gasteiger partial charge in [0.15, 0.2) is 0 Å². The van der Waals surface area contributed by atoms with Gasteiger partial charge in [-0.3, -0.25) is 19.4 Å². The average molecular weight is 441 g/mol. The number of amides is 2. The van der Waals surface area contributed by atoms with Crippen LogP contribution in [0.1, 0.15) is 37.0 Å². The smallest absolute Gasteiger partial charge is 0.276 e. The molecule has 1 unspecified atom stereocenters. The zero-order valence-corrected chi connectivity index (χ0v) is 18.6. The minimum absolute atomic E-state index is 0.0797. The fourth-order valence-electron chi connectivity index (χ4n) is 3.52. The zero-order chi connectivity index (χ0) is 23.3. The van der Waals surface area contributed by atoms with Crippen molar-refractivity contribution < 1.29 is 19.1 Å². The van der Waals surface area contributed by atoms with E-state index in [1.165, 1.54) is 29.2 Å². The van der Waals surface area contributed by atoms with E-state index >= 15 is 0 Å². The van der Waals surface area contributed by atoms with Gasteiger partial charge >= 0.3 is 0 Å². The minimum atomic E-state index is -2.21. The number of carbonyl (C=O) groups is 2. The summed E-state index contributed by atoms with van der Waals surface area (Å²) in [7, 11) is 1.57. The Morgan fingerprint density at radius 3 is 2.31 bits per heavy atom. The molecule has 1 heterocycles. The Balaban J connectivity index is 1.78. The molecule has 0 aliphatic carbocycles. The molecule has 2 aromatic rings. The Bertz CT molecular complexity index is 987. The van der Waals surface area contributed by atoms with Crippen LogP contribution in [0.3, 0.4) is 0 Å². The van der Waals surface area contributed by atoms with Crippen molar-refractivity contribution in [3.63, 3.8) is 0 Å². The van der Waals surface area contributed by atoms with E-state index in [0.29, 0.717) is 11.1 Å². The largest absolute Gasteiger partial charge is 0.361 e. The second-order valence-electron chi connectivity index (χ2n) is 7.85. The molecule has 0 fully saturated rings. The summed E-state index contributed by atoms with van der Waals surface area (Å²) in [5, 5.41) is 13.5. The molecule has 7 nitrogen and oxygen atoms in total. The SMILES string of the molecule is CCN(CC)Cc1ccc(C2=NC(O)(C(=O)NCc3ccc(F)cc3)CC(=O)N2C)cc1. The average Bonchev–Trinajstić information content (AvgIpc) is 2.79. The van der Waals surface area contributed by atoms with E-state index in [-0.39, 0.29) is 18.2 Å². The monoisotopic (exact) mass is 440 g/mol. The molecule has 0 spiro atoms. The van der Waals surface area contributed by atoms with Crippen LogP contribution >= 0.6 is 0 Å². The molecular formula is C24H29FN4O3. The molecule has 170 valence electrons. The van der Waals surface area contributed by atoms with Gasteiger partial charge < -0.3 is 10.4 Å². The summed E-state index contributed by atoms with van der Waals surface area (Å²) < 4.78 is 13.1. The molecule has 2 aromatic carbocycles. The summed E-state index contributed by atoms with van der Waals surface area (Å²) in [6, 6.07) is 13.2. The van der Waals surface area contributed by atoms with Crippen LogP contribution in [0.25, 0.3) is 0 Å². The lowest BCUT2D eigenvalue weighted by Gasteiger charge is -2.32. The topological polar surface area (TPSA) is 85.2 Å². The minimum Gasteiger partial charge on any atom is -0.361 e. The van der Waals surface area contributed by atoms with Gasteiger partial charge in [0.05, 0.1) is 6.42 Å².